The van der Waals surface area contributed by atoms with Gasteiger partial charge in [0.1, 0.15) is 11.9 Å². The summed E-state index contributed by atoms with van der Waals surface area (Å²) in [6.07, 6.45) is 0. The predicted octanol–water partition coefficient (Wildman–Crippen LogP) is 2.63. The Labute approximate surface area is 71.4 Å². The molecule has 0 aliphatic heterocycles. The van der Waals surface area contributed by atoms with Crippen molar-refractivity contribution in [1.29, 1.82) is 5.26 Å². The Morgan fingerprint density at radius 3 is 2.67 bits per heavy atom. The van der Waals surface area contributed by atoms with Crippen LogP contribution in [0.5, 0.6) is 0 Å². The lowest BCUT2D eigenvalue weighted by atomic mass is 9.98. The second-order valence-electron chi connectivity index (χ2n) is 2.72. The molecule has 0 aliphatic rings. The zero-order chi connectivity index (χ0) is 9.14. The molecule has 0 spiro atoms. The van der Waals surface area contributed by atoms with Crippen molar-refractivity contribution in [2.45, 2.75) is 12.8 Å². The van der Waals surface area contributed by atoms with E-state index in [1.54, 1.807) is 12.1 Å². The minimum absolute atomic E-state index is 0.0599. The summed E-state index contributed by atoms with van der Waals surface area (Å²) >= 11 is 0. The molecule has 1 unspecified atom stereocenters. The molecule has 1 nitrogen and oxygen atoms in total. The van der Waals surface area contributed by atoms with Gasteiger partial charge < -0.3 is 0 Å². The zero-order valence-corrected chi connectivity index (χ0v) is 6.84. The van der Waals surface area contributed by atoms with Crippen LogP contribution in [0.3, 0.4) is 0 Å². The van der Waals surface area contributed by atoms with Crippen molar-refractivity contribution < 1.29 is 4.39 Å². The highest BCUT2D eigenvalue weighted by Crippen LogP contribution is 2.20. The fourth-order valence-electron chi connectivity index (χ4n) is 1.07. The second kappa shape index (κ2) is 3.36. The highest BCUT2D eigenvalue weighted by atomic mass is 19.1. The number of nitriles is 1. The molecule has 1 radical (unpaired) electrons. The average molecular weight is 162 g/mol. The monoisotopic (exact) mass is 162 g/mol. The van der Waals surface area contributed by atoms with Gasteiger partial charge >= 0.3 is 0 Å². The number of benzene rings is 1. The summed E-state index contributed by atoms with van der Waals surface area (Å²) in [7, 11) is 0. The van der Waals surface area contributed by atoms with Crippen LogP contribution in [0.4, 0.5) is 4.39 Å². The highest BCUT2D eigenvalue weighted by molar-refractivity contribution is 5.40. The fraction of sp³-hybridized carbons (Fsp3) is 0.200. The number of halogens is 1. The van der Waals surface area contributed by atoms with Crippen LogP contribution in [0.15, 0.2) is 18.2 Å². The third kappa shape index (κ3) is 1.45. The van der Waals surface area contributed by atoms with Crippen molar-refractivity contribution in [3.8, 4) is 6.07 Å². The molecule has 0 saturated carbocycles. The molecule has 0 bridgehead atoms. The van der Waals surface area contributed by atoms with E-state index < -0.39 is 5.82 Å². The van der Waals surface area contributed by atoms with E-state index >= 15 is 0 Å². The molecule has 1 atom stereocenters. The summed E-state index contributed by atoms with van der Waals surface area (Å²) < 4.78 is 13.0. The van der Waals surface area contributed by atoms with Gasteiger partial charge in [0.15, 0.2) is 0 Å². The fourth-order valence-corrected chi connectivity index (χ4v) is 1.07. The maximum Gasteiger partial charge on any atom is 0.141 e. The smallest absolute Gasteiger partial charge is 0.141 e. The molecular formula is C10H9FN. The minimum Gasteiger partial charge on any atom is -0.206 e. The largest absolute Gasteiger partial charge is 0.206 e. The van der Waals surface area contributed by atoms with Crippen LogP contribution in [0, 0.1) is 24.1 Å². The molecule has 1 aromatic carbocycles. The Balaban J connectivity index is 3.30. The van der Waals surface area contributed by atoms with Gasteiger partial charge in [0.2, 0.25) is 0 Å². The van der Waals surface area contributed by atoms with E-state index in [0.717, 1.165) is 0 Å². The van der Waals surface area contributed by atoms with Crippen LogP contribution in [0.2, 0.25) is 0 Å². The maximum atomic E-state index is 13.0. The Kier molecular flexibility index (Phi) is 2.44. The Hall–Kier alpha value is -1.36. The lowest BCUT2D eigenvalue weighted by Gasteiger charge is -2.06. The zero-order valence-electron chi connectivity index (χ0n) is 6.84. The number of hydrogen-bond donors (Lipinski definition) is 0. The average Bonchev–Trinajstić information content (AvgIpc) is 2.03. The van der Waals surface area contributed by atoms with Crippen molar-refractivity contribution in [1.82, 2.24) is 0 Å². The molecule has 0 aromatic heterocycles. The van der Waals surface area contributed by atoms with Crippen LogP contribution in [0.1, 0.15) is 24.0 Å². The molecular weight excluding hydrogens is 153 g/mol. The van der Waals surface area contributed by atoms with E-state index in [-0.39, 0.29) is 11.5 Å². The summed E-state index contributed by atoms with van der Waals surface area (Å²) in [5, 5.41) is 8.63. The van der Waals surface area contributed by atoms with Gasteiger partial charge in [-0.05, 0) is 24.5 Å². The molecule has 12 heavy (non-hydrogen) atoms. The highest BCUT2D eigenvalue weighted by Gasteiger charge is 2.09. The van der Waals surface area contributed by atoms with Crippen LogP contribution in [-0.2, 0) is 0 Å². The van der Waals surface area contributed by atoms with Gasteiger partial charge in [-0.25, -0.2) is 4.39 Å². The van der Waals surface area contributed by atoms with Gasteiger partial charge in [0.25, 0.3) is 0 Å². The van der Waals surface area contributed by atoms with Gasteiger partial charge in [-0.3, -0.25) is 0 Å². The Morgan fingerprint density at radius 1 is 1.58 bits per heavy atom. The standard InChI is InChI=1S/C10H9FN/c1-7(2)8-4-3-5-10(11)9(8)6-12/h3-5,7H,1H2,2H3. The Bertz CT molecular complexity index is 323. The molecule has 0 aliphatic carbocycles. The topological polar surface area (TPSA) is 23.8 Å². The molecule has 0 heterocycles. The molecule has 1 rings (SSSR count). The van der Waals surface area contributed by atoms with Crippen molar-refractivity contribution in [3.63, 3.8) is 0 Å². The molecule has 0 amide bonds. The van der Waals surface area contributed by atoms with Crippen LogP contribution in [-0.4, -0.2) is 0 Å². The number of nitrogens with zero attached hydrogens (tertiary/aromatic N) is 1. The van der Waals surface area contributed by atoms with Crippen molar-refractivity contribution in [3.05, 3.63) is 42.1 Å². The van der Waals surface area contributed by atoms with E-state index in [1.807, 2.05) is 13.0 Å². The van der Waals surface area contributed by atoms with Crippen molar-refractivity contribution in [2.24, 2.45) is 0 Å². The Morgan fingerprint density at radius 2 is 2.25 bits per heavy atom. The van der Waals surface area contributed by atoms with E-state index in [1.165, 1.54) is 6.07 Å². The van der Waals surface area contributed by atoms with Crippen LogP contribution in [0.25, 0.3) is 0 Å². The molecule has 61 valence electrons. The van der Waals surface area contributed by atoms with Gasteiger partial charge in [-0.1, -0.05) is 19.1 Å². The van der Waals surface area contributed by atoms with Gasteiger partial charge in [-0.15, -0.1) is 0 Å². The SMILES string of the molecule is [CH2]C(C)c1cccc(F)c1C#N. The first-order valence-corrected chi connectivity index (χ1v) is 3.68. The maximum absolute atomic E-state index is 13.0. The normalized spacial score (nSPS) is 9.92. The first kappa shape index (κ1) is 8.73. The van der Waals surface area contributed by atoms with Crippen molar-refractivity contribution >= 4 is 0 Å². The first-order chi connectivity index (χ1) is 5.66. The number of rotatable bonds is 1. The minimum atomic E-state index is -0.467. The van der Waals surface area contributed by atoms with Crippen LogP contribution < -0.4 is 0 Å². The third-order valence-corrected chi connectivity index (χ3v) is 1.69. The molecule has 1 aromatic rings. The molecule has 0 N–H and O–H groups in total. The second-order valence-corrected chi connectivity index (χ2v) is 2.72. The summed E-state index contributed by atoms with van der Waals surface area (Å²) in [5.41, 5.74) is 0.775. The quantitative estimate of drug-likeness (QED) is 0.622. The first-order valence-electron chi connectivity index (χ1n) is 3.68. The van der Waals surface area contributed by atoms with Gasteiger partial charge in [-0.2, -0.15) is 5.26 Å². The van der Waals surface area contributed by atoms with Gasteiger partial charge in [0, 0.05) is 0 Å². The van der Waals surface area contributed by atoms with E-state index in [0.29, 0.717) is 5.56 Å². The summed E-state index contributed by atoms with van der Waals surface area (Å²) in [6, 6.07) is 6.42. The van der Waals surface area contributed by atoms with Crippen LogP contribution >= 0.6 is 0 Å². The van der Waals surface area contributed by atoms with Crippen molar-refractivity contribution in [2.75, 3.05) is 0 Å². The van der Waals surface area contributed by atoms with E-state index in [4.69, 9.17) is 5.26 Å². The van der Waals surface area contributed by atoms with Gasteiger partial charge in [0.05, 0.1) is 5.56 Å². The third-order valence-electron chi connectivity index (χ3n) is 1.69. The summed E-state index contributed by atoms with van der Waals surface area (Å²) in [5.74, 6) is -0.527. The molecule has 0 fully saturated rings. The summed E-state index contributed by atoms with van der Waals surface area (Å²) in [6.45, 7) is 5.57. The molecule has 0 saturated heterocycles. The lowest BCUT2D eigenvalue weighted by molar-refractivity contribution is 0.620. The number of hydrogen-bond acceptors (Lipinski definition) is 1. The van der Waals surface area contributed by atoms with E-state index in [2.05, 4.69) is 6.92 Å². The van der Waals surface area contributed by atoms with E-state index in [9.17, 15) is 4.39 Å². The summed E-state index contributed by atoms with van der Waals surface area (Å²) in [4.78, 5) is 0. The predicted molar refractivity (Wildman–Crippen MR) is 44.9 cm³/mol. The lowest BCUT2D eigenvalue weighted by Crippen LogP contribution is -1.95. The molecule has 2 heteroatoms.